The standard InChI is InChI=1S/2C11H21NO3.C10H16N2O8/c2*1-8(13)15-9-6-10(2,3)12(14)11(4,5)7-9;13-7(14)3-11(4-8(15)16)1-2-12(5-9(17)18)6-10(19)20/h2*9,14H,6-7H2,1-5H3;1-6H2,(H,13,14)(H,15,16)(H,17,18)(H,19,20). The number of esters is 2. The lowest BCUT2D eigenvalue weighted by atomic mass is 9.80. The smallest absolute Gasteiger partial charge is 0.317 e. The Morgan fingerprint density at radius 3 is 0.880 bits per heavy atom. The van der Waals surface area contributed by atoms with Crippen LogP contribution in [0.15, 0.2) is 0 Å². The number of carbonyl (C=O) groups is 6. The quantitative estimate of drug-likeness (QED) is 0.148. The number of carboxylic acid groups (broad SMARTS) is 4. The van der Waals surface area contributed by atoms with Crippen molar-refractivity contribution in [1.29, 1.82) is 0 Å². The van der Waals surface area contributed by atoms with Crippen molar-refractivity contribution in [3.8, 4) is 0 Å². The van der Waals surface area contributed by atoms with Crippen LogP contribution in [-0.2, 0) is 38.2 Å². The van der Waals surface area contributed by atoms with E-state index in [1.54, 1.807) is 0 Å². The van der Waals surface area contributed by atoms with Crippen LogP contribution in [0, 0.1) is 0 Å². The summed E-state index contributed by atoms with van der Waals surface area (Å²) in [5, 5.41) is 57.2. The molecule has 2 saturated heterocycles. The van der Waals surface area contributed by atoms with Gasteiger partial charge in [-0.05, 0) is 55.4 Å². The highest BCUT2D eigenvalue weighted by molar-refractivity contribution is 5.73. The summed E-state index contributed by atoms with van der Waals surface area (Å²) in [6.45, 7) is 16.2. The summed E-state index contributed by atoms with van der Waals surface area (Å²) in [5.74, 6) is -5.41. The Bertz CT molecular complexity index is 1030. The van der Waals surface area contributed by atoms with Crippen molar-refractivity contribution in [2.45, 2.75) is 129 Å². The molecule has 0 saturated carbocycles. The van der Waals surface area contributed by atoms with Gasteiger partial charge in [-0.3, -0.25) is 38.6 Å². The maximum atomic E-state index is 10.9. The number of ether oxygens (including phenoxy) is 2. The Morgan fingerprint density at radius 2 is 0.720 bits per heavy atom. The topological polar surface area (TPSA) is 255 Å². The number of carboxylic acids is 4. The molecule has 0 aliphatic carbocycles. The van der Waals surface area contributed by atoms with Crippen LogP contribution in [-0.4, -0.2) is 160 Å². The van der Waals surface area contributed by atoms with Gasteiger partial charge in [0.2, 0.25) is 0 Å². The third-order valence-corrected chi connectivity index (χ3v) is 8.04. The minimum absolute atomic E-state index is 0.0703. The average molecular weight is 723 g/mol. The van der Waals surface area contributed by atoms with E-state index in [1.807, 2.05) is 55.4 Å². The average Bonchev–Trinajstić information content (AvgIpc) is 2.87. The molecule has 2 rings (SSSR count). The first-order valence-corrected chi connectivity index (χ1v) is 16.2. The molecule has 50 heavy (non-hydrogen) atoms. The van der Waals surface area contributed by atoms with E-state index in [0.717, 1.165) is 9.80 Å². The maximum Gasteiger partial charge on any atom is 0.317 e. The predicted molar refractivity (Wildman–Crippen MR) is 177 cm³/mol. The normalized spacial score (nSPS) is 20.0. The molecule has 0 amide bonds. The molecule has 18 heteroatoms. The van der Waals surface area contributed by atoms with Crippen molar-refractivity contribution in [3.63, 3.8) is 0 Å². The number of nitrogens with zero attached hydrogens (tertiary/aromatic N) is 4. The van der Waals surface area contributed by atoms with Gasteiger partial charge in [0.25, 0.3) is 0 Å². The van der Waals surface area contributed by atoms with E-state index in [4.69, 9.17) is 29.9 Å². The first kappa shape index (κ1) is 46.6. The Labute approximate surface area is 293 Å². The molecule has 6 N–H and O–H groups in total. The fraction of sp³-hybridized carbons (Fsp3) is 0.812. The van der Waals surface area contributed by atoms with E-state index in [1.165, 1.54) is 24.0 Å². The van der Waals surface area contributed by atoms with Crippen LogP contribution in [0.2, 0.25) is 0 Å². The van der Waals surface area contributed by atoms with Gasteiger partial charge in [-0.2, -0.15) is 10.1 Å². The van der Waals surface area contributed by atoms with Crippen molar-refractivity contribution < 1.29 is 69.1 Å². The number of aliphatic carboxylic acids is 4. The molecular formula is C32H58N4O14. The van der Waals surface area contributed by atoms with Gasteiger partial charge < -0.3 is 40.3 Å². The Morgan fingerprint density at radius 1 is 0.520 bits per heavy atom. The first-order chi connectivity index (χ1) is 22.5. The third kappa shape index (κ3) is 17.5. The van der Waals surface area contributed by atoms with Gasteiger partial charge in [0.1, 0.15) is 12.2 Å². The van der Waals surface area contributed by atoms with E-state index in [9.17, 15) is 39.2 Å². The van der Waals surface area contributed by atoms with Gasteiger partial charge >= 0.3 is 35.8 Å². The molecule has 0 spiro atoms. The molecule has 0 unspecified atom stereocenters. The van der Waals surface area contributed by atoms with Crippen LogP contribution in [0.25, 0.3) is 0 Å². The lowest BCUT2D eigenvalue weighted by Gasteiger charge is -2.50. The summed E-state index contributed by atoms with van der Waals surface area (Å²) in [6.07, 6.45) is 2.43. The number of hydrogen-bond donors (Lipinski definition) is 6. The zero-order chi connectivity index (χ0) is 39.4. The fourth-order valence-electron chi connectivity index (χ4n) is 6.47. The van der Waals surface area contributed by atoms with Crippen LogP contribution >= 0.6 is 0 Å². The van der Waals surface area contributed by atoms with E-state index in [2.05, 4.69) is 0 Å². The third-order valence-electron chi connectivity index (χ3n) is 8.04. The van der Waals surface area contributed by atoms with Crippen molar-refractivity contribution in [2.75, 3.05) is 39.3 Å². The van der Waals surface area contributed by atoms with Crippen LogP contribution in [0.3, 0.4) is 0 Å². The number of rotatable bonds is 13. The molecule has 2 aliphatic rings. The summed E-state index contributed by atoms with van der Waals surface area (Å²) in [4.78, 5) is 66.2. The fourth-order valence-corrected chi connectivity index (χ4v) is 6.47. The Hall–Kier alpha value is -3.42. The van der Waals surface area contributed by atoms with E-state index < -0.39 is 50.1 Å². The Balaban J connectivity index is 0.000000730. The molecule has 0 aromatic carbocycles. The summed E-state index contributed by atoms with van der Waals surface area (Å²) in [5.41, 5.74) is -1.44. The van der Waals surface area contributed by atoms with Gasteiger partial charge in [0.05, 0.1) is 26.2 Å². The second kappa shape index (κ2) is 19.3. The van der Waals surface area contributed by atoms with E-state index >= 15 is 0 Å². The van der Waals surface area contributed by atoms with Crippen molar-refractivity contribution in [2.24, 2.45) is 0 Å². The largest absolute Gasteiger partial charge is 0.480 e. The summed E-state index contributed by atoms with van der Waals surface area (Å²) in [6, 6.07) is 0. The second-order valence-corrected chi connectivity index (χ2v) is 15.1. The second-order valence-electron chi connectivity index (χ2n) is 15.1. The zero-order valence-corrected chi connectivity index (χ0v) is 31.0. The van der Waals surface area contributed by atoms with Crippen LogP contribution in [0.1, 0.15) is 94.9 Å². The van der Waals surface area contributed by atoms with Gasteiger partial charge in [-0.25, -0.2) is 0 Å². The number of carbonyl (C=O) groups excluding carboxylic acids is 2. The van der Waals surface area contributed by atoms with Crippen LogP contribution in [0.4, 0.5) is 0 Å². The summed E-state index contributed by atoms with van der Waals surface area (Å²) in [7, 11) is 0. The molecular weight excluding hydrogens is 664 g/mol. The lowest BCUT2D eigenvalue weighted by Crippen LogP contribution is -2.60. The minimum Gasteiger partial charge on any atom is -0.480 e. The van der Waals surface area contributed by atoms with Gasteiger partial charge in [0, 0.05) is 74.8 Å². The molecule has 0 aromatic heterocycles. The van der Waals surface area contributed by atoms with E-state index in [0.29, 0.717) is 25.7 Å². The van der Waals surface area contributed by atoms with Crippen molar-refractivity contribution in [3.05, 3.63) is 0 Å². The minimum atomic E-state index is -1.23. The molecule has 2 heterocycles. The number of hydroxylamine groups is 4. The summed E-state index contributed by atoms with van der Waals surface area (Å²) >= 11 is 0. The highest BCUT2D eigenvalue weighted by atomic mass is 16.6. The molecule has 0 bridgehead atoms. The van der Waals surface area contributed by atoms with Gasteiger partial charge in [-0.15, -0.1) is 0 Å². The predicted octanol–water partition coefficient (Wildman–Crippen LogP) is 1.85. The molecule has 290 valence electrons. The first-order valence-electron chi connectivity index (χ1n) is 16.2. The molecule has 0 aromatic rings. The number of hydrogen-bond acceptors (Lipinski definition) is 14. The molecule has 18 nitrogen and oxygen atoms in total. The highest BCUT2D eigenvalue weighted by Crippen LogP contribution is 2.39. The lowest BCUT2D eigenvalue weighted by molar-refractivity contribution is -0.259. The van der Waals surface area contributed by atoms with E-state index in [-0.39, 0.29) is 59.4 Å². The van der Waals surface area contributed by atoms with Crippen LogP contribution < -0.4 is 0 Å². The molecule has 2 aliphatic heterocycles. The van der Waals surface area contributed by atoms with Crippen molar-refractivity contribution >= 4 is 35.8 Å². The van der Waals surface area contributed by atoms with Crippen molar-refractivity contribution in [1.82, 2.24) is 19.9 Å². The maximum absolute atomic E-state index is 10.9. The molecule has 0 radical (unpaired) electrons. The monoisotopic (exact) mass is 722 g/mol. The van der Waals surface area contributed by atoms with Gasteiger partial charge in [0.15, 0.2) is 0 Å². The van der Waals surface area contributed by atoms with Gasteiger partial charge in [-0.1, -0.05) is 0 Å². The molecule has 0 atom stereocenters. The summed E-state index contributed by atoms with van der Waals surface area (Å²) < 4.78 is 10.5. The molecule has 2 fully saturated rings. The number of piperidine rings is 2. The Kier molecular flexibility index (Phi) is 17.9. The van der Waals surface area contributed by atoms with Crippen LogP contribution in [0.5, 0.6) is 0 Å². The highest BCUT2D eigenvalue weighted by Gasteiger charge is 2.47. The SMILES string of the molecule is CC(=O)OC1CC(C)(C)N(O)C(C)(C)C1.CC(=O)OC1CC(C)(C)N(O)C(C)(C)C1.O=C(O)CN(CCN(CC(=O)O)CC(=O)O)CC(=O)O. The zero-order valence-electron chi connectivity index (χ0n) is 31.0.